The van der Waals surface area contributed by atoms with E-state index in [-0.39, 0.29) is 35.4 Å². The topological polar surface area (TPSA) is 121 Å². The van der Waals surface area contributed by atoms with Crippen LogP contribution in [0.5, 0.6) is 0 Å². The molecule has 0 fully saturated rings. The molecule has 1 heterocycles. The predicted molar refractivity (Wildman–Crippen MR) is 152 cm³/mol. The lowest BCUT2D eigenvalue weighted by Crippen LogP contribution is -2.34. The van der Waals surface area contributed by atoms with Crippen molar-refractivity contribution in [3.63, 3.8) is 0 Å². The molecule has 0 saturated carbocycles. The van der Waals surface area contributed by atoms with E-state index < -0.39 is 59.3 Å². The van der Waals surface area contributed by atoms with Crippen molar-refractivity contribution in [3.8, 4) is 11.1 Å². The van der Waals surface area contributed by atoms with Crippen LogP contribution in [-0.2, 0) is 11.2 Å². The van der Waals surface area contributed by atoms with Crippen LogP contribution in [-0.4, -0.2) is 40.9 Å². The Morgan fingerprint density at radius 3 is 2.43 bits per heavy atom. The van der Waals surface area contributed by atoms with Crippen molar-refractivity contribution in [2.45, 2.75) is 44.8 Å². The van der Waals surface area contributed by atoms with Crippen molar-refractivity contribution in [1.82, 2.24) is 10.3 Å². The second-order valence-corrected chi connectivity index (χ2v) is 10.2. The minimum absolute atomic E-state index is 0.0150. The van der Waals surface area contributed by atoms with Gasteiger partial charge in [-0.25, -0.2) is 13.2 Å². The van der Waals surface area contributed by atoms with Gasteiger partial charge in [0.05, 0.1) is 17.3 Å². The molecule has 7 nitrogen and oxygen atoms in total. The molecule has 0 radical (unpaired) electrons. The van der Waals surface area contributed by atoms with Crippen molar-refractivity contribution in [1.29, 1.82) is 5.41 Å². The number of carbonyl (C=O) groups excluding carboxylic acids is 2. The van der Waals surface area contributed by atoms with Gasteiger partial charge < -0.3 is 11.1 Å². The van der Waals surface area contributed by atoms with E-state index in [9.17, 15) is 35.9 Å². The van der Waals surface area contributed by atoms with Crippen molar-refractivity contribution < 1.29 is 35.9 Å². The van der Waals surface area contributed by atoms with Gasteiger partial charge in [-0.2, -0.15) is 13.2 Å². The van der Waals surface area contributed by atoms with E-state index in [0.717, 1.165) is 18.2 Å². The number of primary amides is 1. The molecule has 0 spiro atoms. The highest BCUT2D eigenvalue weighted by Crippen LogP contribution is 2.32. The maximum atomic E-state index is 14.2. The van der Waals surface area contributed by atoms with Gasteiger partial charge in [-0.05, 0) is 74.1 Å². The Morgan fingerprint density at radius 1 is 1.07 bits per heavy atom. The number of nitrogens with one attached hydrogen (secondary N) is 2. The molecule has 0 aliphatic heterocycles. The fourth-order valence-corrected chi connectivity index (χ4v) is 5.08. The van der Waals surface area contributed by atoms with Crippen molar-refractivity contribution >= 4 is 23.2 Å². The van der Waals surface area contributed by atoms with Crippen LogP contribution < -0.4 is 11.1 Å². The third-order valence-electron chi connectivity index (χ3n) is 7.04. The molecular formula is C31H27F6N5O2. The van der Waals surface area contributed by atoms with Gasteiger partial charge in [0.25, 0.3) is 5.91 Å². The Labute approximate surface area is 248 Å². The van der Waals surface area contributed by atoms with E-state index in [0.29, 0.717) is 35.6 Å². The SMILES string of the molecule is CC1=C(C(=N)C(F)(F)F)C(=NCC(=O)NC(Cc2cc(F)cc(F)c2)c2ncccc2-c2ccc(F)c(C(N)=O)c2)CCC1. The molecule has 3 aromatic rings. The molecular weight excluding hydrogens is 588 g/mol. The largest absolute Gasteiger partial charge is 0.433 e. The molecule has 1 aliphatic rings. The summed E-state index contributed by atoms with van der Waals surface area (Å²) in [7, 11) is 0. The minimum atomic E-state index is -4.90. The smallest absolute Gasteiger partial charge is 0.366 e. The minimum Gasteiger partial charge on any atom is -0.366 e. The van der Waals surface area contributed by atoms with Crippen LogP contribution in [0.15, 0.2) is 70.9 Å². The van der Waals surface area contributed by atoms with Gasteiger partial charge in [-0.1, -0.05) is 17.7 Å². The predicted octanol–water partition coefficient (Wildman–Crippen LogP) is 6.19. The zero-order valence-corrected chi connectivity index (χ0v) is 23.4. The molecule has 0 saturated heterocycles. The van der Waals surface area contributed by atoms with Gasteiger partial charge in [0, 0.05) is 29.1 Å². The van der Waals surface area contributed by atoms with E-state index in [2.05, 4.69) is 15.3 Å². The molecule has 1 unspecified atom stereocenters. The molecule has 4 N–H and O–H groups in total. The third-order valence-corrected chi connectivity index (χ3v) is 7.04. The lowest BCUT2D eigenvalue weighted by atomic mass is 9.87. The van der Waals surface area contributed by atoms with Crippen molar-refractivity contribution in [2.24, 2.45) is 10.7 Å². The number of aromatic nitrogens is 1. The first kappa shape index (κ1) is 32.1. The first-order valence-corrected chi connectivity index (χ1v) is 13.4. The standard InChI is InChI=1S/C31H27F6N5O2/c1-16-4-2-6-24(27(16)29(38)31(35,36)37)41-15-26(43)42-25(12-17-10-19(32)14-20(33)11-17)28-21(5-3-9-40-28)18-7-8-23(34)22(13-18)30(39)44/h3,5,7-11,13-14,25,38H,2,4,6,12,15H2,1H3,(H2,39,44)(H,42,43). The summed E-state index contributed by atoms with van der Waals surface area (Å²) in [5, 5.41) is 10.3. The number of rotatable bonds is 9. The molecule has 2 aromatic carbocycles. The van der Waals surface area contributed by atoms with Crippen LogP contribution in [0.2, 0.25) is 0 Å². The molecule has 0 bridgehead atoms. The number of carbonyl (C=O) groups is 2. The summed E-state index contributed by atoms with van der Waals surface area (Å²) in [6.45, 7) is 0.885. The quantitative estimate of drug-likeness (QED) is 0.197. The highest BCUT2D eigenvalue weighted by Gasteiger charge is 2.39. The van der Waals surface area contributed by atoms with E-state index in [1.54, 1.807) is 12.1 Å². The molecule has 44 heavy (non-hydrogen) atoms. The molecule has 1 aromatic heterocycles. The normalized spacial score (nSPS) is 15.3. The summed E-state index contributed by atoms with van der Waals surface area (Å²) in [5.74, 6) is -4.33. The average molecular weight is 616 g/mol. The van der Waals surface area contributed by atoms with Gasteiger partial charge in [0.1, 0.15) is 29.7 Å². The number of hydrogen-bond acceptors (Lipinski definition) is 5. The first-order chi connectivity index (χ1) is 20.7. The number of halogens is 6. The first-order valence-electron chi connectivity index (χ1n) is 13.4. The lowest BCUT2D eigenvalue weighted by molar-refractivity contribution is -0.120. The van der Waals surface area contributed by atoms with Gasteiger partial charge in [-0.3, -0.25) is 25.0 Å². The Bertz CT molecular complexity index is 1660. The maximum absolute atomic E-state index is 14.2. The third kappa shape index (κ3) is 7.57. The Morgan fingerprint density at radius 2 is 1.77 bits per heavy atom. The second kappa shape index (κ2) is 13.2. The Hall–Kier alpha value is -4.81. The van der Waals surface area contributed by atoms with Crippen LogP contribution in [0.3, 0.4) is 0 Å². The summed E-state index contributed by atoms with van der Waals surface area (Å²) in [5.41, 5.74) is 4.36. The average Bonchev–Trinajstić information content (AvgIpc) is 2.94. The van der Waals surface area contributed by atoms with Crippen molar-refractivity contribution in [2.75, 3.05) is 6.54 Å². The number of benzene rings is 2. The van der Waals surface area contributed by atoms with E-state index >= 15 is 0 Å². The van der Waals surface area contributed by atoms with E-state index in [1.807, 2.05) is 0 Å². The van der Waals surface area contributed by atoms with E-state index in [4.69, 9.17) is 11.1 Å². The van der Waals surface area contributed by atoms with Crippen LogP contribution in [0.1, 0.15) is 53.8 Å². The highest BCUT2D eigenvalue weighted by molar-refractivity contribution is 6.26. The summed E-state index contributed by atoms with van der Waals surface area (Å²) in [6.07, 6.45) is -2.68. The van der Waals surface area contributed by atoms with Gasteiger partial charge in [0.15, 0.2) is 0 Å². The molecule has 230 valence electrons. The number of amides is 2. The Balaban J connectivity index is 1.70. The number of aliphatic imine (C=N–C) groups is 1. The van der Waals surface area contributed by atoms with Crippen LogP contribution in [0, 0.1) is 22.9 Å². The van der Waals surface area contributed by atoms with Gasteiger partial charge >= 0.3 is 6.18 Å². The van der Waals surface area contributed by atoms with Crippen LogP contribution >= 0.6 is 0 Å². The molecule has 2 amide bonds. The second-order valence-electron chi connectivity index (χ2n) is 10.2. The number of hydrogen-bond donors (Lipinski definition) is 3. The zero-order chi connectivity index (χ0) is 32.2. The monoisotopic (exact) mass is 615 g/mol. The number of nitrogens with two attached hydrogens (primary N) is 1. The summed E-state index contributed by atoms with van der Waals surface area (Å²) < 4.78 is 82.4. The summed E-state index contributed by atoms with van der Waals surface area (Å²) in [6, 6.07) is 8.50. The fourth-order valence-electron chi connectivity index (χ4n) is 5.08. The zero-order valence-electron chi connectivity index (χ0n) is 23.4. The molecule has 4 rings (SSSR count). The molecule has 1 atom stereocenters. The maximum Gasteiger partial charge on any atom is 0.433 e. The number of nitrogens with zero attached hydrogens (tertiary/aromatic N) is 2. The lowest BCUT2D eigenvalue weighted by Gasteiger charge is -2.23. The summed E-state index contributed by atoms with van der Waals surface area (Å²) >= 11 is 0. The fraction of sp³-hybridized carbons (Fsp3) is 0.258. The number of allylic oxidation sites excluding steroid dienone is 2. The summed E-state index contributed by atoms with van der Waals surface area (Å²) in [4.78, 5) is 33.4. The number of pyridine rings is 1. The van der Waals surface area contributed by atoms with Crippen LogP contribution in [0.4, 0.5) is 26.3 Å². The van der Waals surface area contributed by atoms with Gasteiger partial charge in [0.2, 0.25) is 5.91 Å². The number of alkyl halides is 3. The molecule has 1 aliphatic carbocycles. The van der Waals surface area contributed by atoms with E-state index in [1.165, 1.54) is 25.3 Å². The van der Waals surface area contributed by atoms with Gasteiger partial charge in [-0.15, -0.1) is 0 Å². The Kier molecular flexibility index (Phi) is 9.65. The molecule has 13 heteroatoms. The highest BCUT2D eigenvalue weighted by atomic mass is 19.4. The van der Waals surface area contributed by atoms with Crippen LogP contribution in [0.25, 0.3) is 11.1 Å². The van der Waals surface area contributed by atoms with Crippen molar-refractivity contribution in [3.05, 3.63) is 100 Å².